The number of pyridine rings is 1. The van der Waals surface area contributed by atoms with E-state index in [-0.39, 0.29) is 5.91 Å². The van der Waals surface area contributed by atoms with E-state index in [1.54, 1.807) is 7.11 Å². The van der Waals surface area contributed by atoms with Gasteiger partial charge in [0.05, 0.1) is 12.8 Å². The van der Waals surface area contributed by atoms with E-state index in [0.717, 1.165) is 56.0 Å². The van der Waals surface area contributed by atoms with Crippen molar-refractivity contribution in [2.24, 2.45) is 5.92 Å². The van der Waals surface area contributed by atoms with Crippen LogP contribution >= 0.6 is 0 Å². The van der Waals surface area contributed by atoms with E-state index in [1.807, 2.05) is 36.5 Å². The molecule has 0 N–H and O–H groups in total. The Morgan fingerprint density at radius 3 is 2.79 bits per heavy atom. The van der Waals surface area contributed by atoms with Gasteiger partial charge in [-0.05, 0) is 48.9 Å². The standard InChI is InChI=1S/C23H29N3O2/c1-28-22-8-3-2-6-19(22)10-12-23(27)26-15-18-9-11-21(26)17-25(14-18)16-20-7-4-5-13-24-20/h2-8,13,18,21H,9-12,14-17H2,1H3/t18-,21+/m0/s1. The molecule has 0 saturated carbocycles. The predicted octanol–water partition coefficient (Wildman–Crippen LogP) is 3.15. The first-order valence-corrected chi connectivity index (χ1v) is 10.3. The number of amides is 1. The Balaban J connectivity index is 1.38. The van der Waals surface area contributed by atoms with E-state index in [1.165, 1.54) is 6.42 Å². The van der Waals surface area contributed by atoms with Gasteiger partial charge in [0.2, 0.25) is 5.91 Å². The average molecular weight is 380 g/mol. The van der Waals surface area contributed by atoms with E-state index in [4.69, 9.17) is 4.74 Å². The summed E-state index contributed by atoms with van der Waals surface area (Å²) in [5.74, 6) is 1.71. The first-order chi connectivity index (χ1) is 13.7. The van der Waals surface area contributed by atoms with Crippen molar-refractivity contribution in [2.45, 2.75) is 38.3 Å². The number of benzene rings is 1. The molecule has 5 heteroatoms. The third-order valence-corrected chi connectivity index (χ3v) is 6.02. The average Bonchev–Trinajstić information content (AvgIpc) is 3.03. The largest absolute Gasteiger partial charge is 0.496 e. The van der Waals surface area contributed by atoms with E-state index in [2.05, 4.69) is 26.9 Å². The Bertz CT molecular complexity index is 795. The third kappa shape index (κ3) is 4.36. The van der Waals surface area contributed by atoms with Crippen LogP contribution in [0, 0.1) is 5.92 Å². The van der Waals surface area contributed by atoms with E-state index < -0.39 is 0 Å². The van der Waals surface area contributed by atoms with Crippen LogP contribution in [0.2, 0.25) is 0 Å². The summed E-state index contributed by atoms with van der Waals surface area (Å²) in [5.41, 5.74) is 2.22. The first kappa shape index (κ1) is 18.9. The first-order valence-electron chi connectivity index (χ1n) is 10.3. The van der Waals surface area contributed by atoms with Crippen LogP contribution in [0.4, 0.5) is 0 Å². The molecule has 0 aliphatic carbocycles. The molecule has 2 atom stereocenters. The highest BCUT2D eigenvalue weighted by Gasteiger charge is 2.36. The molecule has 3 saturated heterocycles. The number of hydrogen-bond donors (Lipinski definition) is 0. The van der Waals surface area contributed by atoms with Crippen molar-refractivity contribution in [1.29, 1.82) is 0 Å². The monoisotopic (exact) mass is 379 g/mol. The minimum Gasteiger partial charge on any atom is -0.496 e. The lowest BCUT2D eigenvalue weighted by atomic mass is 9.94. The smallest absolute Gasteiger partial charge is 0.223 e. The van der Waals surface area contributed by atoms with Crippen LogP contribution in [0.1, 0.15) is 30.5 Å². The lowest BCUT2D eigenvalue weighted by molar-refractivity contribution is -0.135. The minimum atomic E-state index is 0.278. The van der Waals surface area contributed by atoms with Crippen molar-refractivity contribution in [3.05, 3.63) is 59.9 Å². The number of carbonyl (C=O) groups is 1. The van der Waals surface area contributed by atoms with Crippen LogP contribution in [-0.2, 0) is 17.8 Å². The molecule has 4 heterocycles. The van der Waals surface area contributed by atoms with Crippen LogP contribution in [0.15, 0.2) is 48.7 Å². The fraction of sp³-hybridized carbons (Fsp3) is 0.478. The van der Waals surface area contributed by atoms with Crippen LogP contribution in [0.25, 0.3) is 0 Å². The Kier molecular flexibility index (Phi) is 5.91. The molecule has 0 unspecified atom stereocenters. The zero-order valence-corrected chi connectivity index (χ0v) is 16.6. The van der Waals surface area contributed by atoms with Gasteiger partial charge < -0.3 is 9.64 Å². The van der Waals surface area contributed by atoms with Crippen LogP contribution in [0.3, 0.4) is 0 Å². The van der Waals surface area contributed by atoms with Gasteiger partial charge in [0.15, 0.2) is 0 Å². The fourth-order valence-corrected chi connectivity index (χ4v) is 4.63. The van der Waals surface area contributed by atoms with Crippen molar-refractivity contribution < 1.29 is 9.53 Å². The highest BCUT2D eigenvalue weighted by molar-refractivity contribution is 5.77. The number of ether oxygens (including phenoxy) is 1. The molecule has 1 aromatic carbocycles. The number of piperidine rings is 1. The Morgan fingerprint density at radius 1 is 1.11 bits per heavy atom. The topological polar surface area (TPSA) is 45.7 Å². The zero-order valence-electron chi connectivity index (χ0n) is 16.6. The van der Waals surface area contributed by atoms with Crippen molar-refractivity contribution in [2.75, 3.05) is 26.7 Å². The molecular weight excluding hydrogens is 350 g/mol. The van der Waals surface area contributed by atoms with E-state index in [9.17, 15) is 4.79 Å². The molecule has 2 bridgehead atoms. The number of rotatable bonds is 6. The molecule has 3 aliphatic rings. The van der Waals surface area contributed by atoms with Gasteiger partial charge in [-0.25, -0.2) is 0 Å². The van der Waals surface area contributed by atoms with Crippen LogP contribution in [0.5, 0.6) is 5.75 Å². The summed E-state index contributed by atoms with van der Waals surface area (Å²) in [6.45, 7) is 3.78. The second-order valence-corrected chi connectivity index (χ2v) is 7.97. The van der Waals surface area contributed by atoms with Gasteiger partial charge in [-0.15, -0.1) is 0 Å². The highest BCUT2D eigenvalue weighted by Crippen LogP contribution is 2.29. The highest BCUT2D eigenvalue weighted by atomic mass is 16.5. The molecule has 0 spiro atoms. The van der Waals surface area contributed by atoms with Gasteiger partial charge in [-0.1, -0.05) is 24.3 Å². The maximum Gasteiger partial charge on any atom is 0.223 e. The van der Waals surface area contributed by atoms with Gasteiger partial charge in [-0.3, -0.25) is 14.7 Å². The summed E-state index contributed by atoms with van der Waals surface area (Å²) in [5, 5.41) is 0. The number of aromatic nitrogens is 1. The molecule has 148 valence electrons. The molecule has 5 rings (SSSR count). The molecule has 3 aliphatic heterocycles. The number of para-hydroxylation sites is 1. The molecule has 2 aromatic rings. The van der Waals surface area contributed by atoms with Gasteiger partial charge >= 0.3 is 0 Å². The number of nitrogens with zero attached hydrogens (tertiary/aromatic N) is 3. The SMILES string of the molecule is COc1ccccc1CCC(=O)N1C[C@H]2CC[C@@H]1CN(Cc1ccccn1)C2. The van der Waals surface area contributed by atoms with Gasteiger partial charge in [-0.2, -0.15) is 0 Å². The lowest BCUT2D eigenvalue weighted by Gasteiger charge is -2.36. The molecule has 0 radical (unpaired) electrons. The molecule has 3 fully saturated rings. The van der Waals surface area contributed by atoms with Gasteiger partial charge in [0, 0.05) is 44.8 Å². The van der Waals surface area contributed by atoms with E-state index >= 15 is 0 Å². The second-order valence-electron chi connectivity index (χ2n) is 7.97. The van der Waals surface area contributed by atoms with E-state index in [0.29, 0.717) is 18.4 Å². The molecule has 1 aromatic heterocycles. The maximum absolute atomic E-state index is 13.0. The maximum atomic E-state index is 13.0. The second kappa shape index (κ2) is 8.74. The van der Waals surface area contributed by atoms with Crippen LogP contribution < -0.4 is 4.74 Å². The quantitative estimate of drug-likeness (QED) is 0.774. The summed E-state index contributed by atoms with van der Waals surface area (Å²) in [6.07, 6.45) is 5.47. The Labute approximate surface area is 167 Å². The number of hydrogen-bond acceptors (Lipinski definition) is 4. The summed E-state index contributed by atoms with van der Waals surface area (Å²) in [6, 6.07) is 14.4. The van der Waals surface area contributed by atoms with Crippen molar-refractivity contribution in [1.82, 2.24) is 14.8 Å². The summed E-state index contributed by atoms with van der Waals surface area (Å²) in [7, 11) is 1.69. The molecule has 1 amide bonds. The fourth-order valence-electron chi connectivity index (χ4n) is 4.63. The summed E-state index contributed by atoms with van der Waals surface area (Å²) >= 11 is 0. The number of methoxy groups -OCH3 is 1. The normalized spacial score (nSPS) is 22.1. The Hall–Kier alpha value is -2.40. The number of aryl methyl sites for hydroxylation is 1. The van der Waals surface area contributed by atoms with Gasteiger partial charge in [0.25, 0.3) is 0 Å². The predicted molar refractivity (Wildman–Crippen MR) is 109 cm³/mol. The third-order valence-electron chi connectivity index (χ3n) is 6.02. The minimum absolute atomic E-state index is 0.278. The van der Waals surface area contributed by atoms with Crippen molar-refractivity contribution in [3.63, 3.8) is 0 Å². The van der Waals surface area contributed by atoms with Crippen molar-refractivity contribution in [3.8, 4) is 5.75 Å². The molecule has 5 nitrogen and oxygen atoms in total. The lowest BCUT2D eigenvalue weighted by Crippen LogP contribution is -2.47. The zero-order chi connectivity index (χ0) is 19.3. The summed E-state index contributed by atoms with van der Waals surface area (Å²) < 4.78 is 5.43. The molecule has 28 heavy (non-hydrogen) atoms. The Morgan fingerprint density at radius 2 is 1.96 bits per heavy atom. The van der Waals surface area contributed by atoms with Crippen LogP contribution in [-0.4, -0.2) is 53.5 Å². The van der Waals surface area contributed by atoms with Gasteiger partial charge in [0.1, 0.15) is 5.75 Å². The number of carbonyl (C=O) groups excluding carboxylic acids is 1. The summed E-state index contributed by atoms with van der Waals surface area (Å²) in [4.78, 5) is 22.1. The number of fused-ring (bicyclic) bond motifs is 4. The van der Waals surface area contributed by atoms with Crippen molar-refractivity contribution >= 4 is 5.91 Å². The molecular formula is C23H29N3O2.